The van der Waals surface area contributed by atoms with Crippen LogP contribution in [0.3, 0.4) is 0 Å². The molecule has 0 spiro atoms. The summed E-state index contributed by atoms with van der Waals surface area (Å²) < 4.78 is 41.1. The molecule has 0 bridgehead atoms. The Morgan fingerprint density at radius 2 is 1.87 bits per heavy atom. The van der Waals surface area contributed by atoms with E-state index in [9.17, 15) is 18.0 Å². The van der Waals surface area contributed by atoms with Crippen LogP contribution >= 0.6 is 11.6 Å². The first-order valence-electron chi connectivity index (χ1n) is 8.82. The Morgan fingerprint density at radius 3 is 2.60 bits per heavy atom. The number of nitrogens with one attached hydrogen (secondary N) is 1. The lowest BCUT2D eigenvalue weighted by molar-refractivity contribution is -0.136. The number of para-hydroxylation sites is 1. The standard InChI is InChI=1S/C21H14ClF3N4O/c1-12-15(20(30)28-18-8-3-2-7-17(18)21(23,24)25)10-26-19-16(11-27-29(12)19)13-5-4-6-14(22)9-13/h2-11H,1H3,(H,28,30). The summed E-state index contributed by atoms with van der Waals surface area (Å²) in [6.07, 6.45) is -1.66. The molecule has 0 aliphatic heterocycles. The van der Waals surface area contributed by atoms with Gasteiger partial charge in [-0.3, -0.25) is 4.79 Å². The average molecular weight is 431 g/mol. The number of fused-ring (bicyclic) bond motifs is 1. The van der Waals surface area contributed by atoms with Gasteiger partial charge in [-0.1, -0.05) is 35.9 Å². The molecule has 0 atom stereocenters. The number of hydrogen-bond donors (Lipinski definition) is 1. The third kappa shape index (κ3) is 3.61. The van der Waals surface area contributed by atoms with Crippen LogP contribution in [0.1, 0.15) is 21.6 Å². The number of halogens is 4. The van der Waals surface area contributed by atoms with Gasteiger partial charge in [0.2, 0.25) is 0 Å². The van der Waals surface area contributed by atoms with E-state index >= 15 is 0 Å². The molecule has 2 aromatic carbocycles. The minimum atomic E-state index is -4.59. The molecule has 152 valence electrons. The van der Waals surface area contributed by atoms with E-state index in [4.69, 9.17) is 11.6 Å². The zero-order valence-corrected chi connectivity index (χ0v) is 16.3. The maximum atomic E-state index is 13.2. The number of anilines is 1. The quantitative estimate of drug-likeness (QED) is 0.458. The Morgan fingerprint density at radius 1 is 1.10 bits per heavy atom. The Balaban J connectivity index is 1.71. The first kappa shape index (κ1) is 19.9. The second-order valence-corrected chi connectivity index (χ2v) is 7.00. The summed E-state index contributed by atoms with van der Waals surface area (Å²) in [4.78, 5) is 17.0. The van der Waals surface area contributed by atoms with Gasteiger partial charge in [0.25, 0.3) is 5.91 Å². The van der Waals surface area contributed by atoms with E-state index < -0.39 is 17.6 Å². The zero-order chi connectivity index (χ0) is 21.5. The van der Waals surface area contributed by atoms with Gasteiger partial charge in [-0.15, -0.1) is 0 Å². The van der Waals surface area contributed by atoms with Crippen molar-refractivity contribution >= 4 is 28.8 Å². The van der Waals surface area contributed by atoms with E-state index in [1.165, 1.54) is 28.9 Å². The Labute approximate surface area is 174 Å². The molecule has 2 heterocycles. The molecule has 0 saturated carbocycles. The van der Waals surface area contributed by atoms with Gasteiger partial charge in [0.05, 0.1) is 28.7 Å². The Kier molecular flexibility index (Phi) is 4.95. The zero-order valence-electron chi connectivity index (χ0n) is 15.5. The van der Waals surface area contributed by atoms with Crippen LogP contribution in [-0.2, 0) is 6.18 Å². The predicted octanol–water partition coefficient (Wildman–Crippen LogP) is 5.63. The molecule has 0 aliphatic carbocycles. The monoisotopic (exact) mass is 430 g/mol. The summed E-state index contributed by atoms with van der Waals surface area (Å²) in [7, 11) is 0. The molecule has 0 radical (unpaired) electrons. The van der Waals surface area contributed by atoms with Gasteiger partial charge in [-0.25, -0.2) is 9.50 Å². The lowest BCUT2D eigenvalue weighted by atomic mass is 10.1. The van der Waals surface area contributed by atoms with E-state index in [2.05, 4.69) is 15.4 Å². The van der Waals surface area contributed by atoms with Gasteiger partial charge in [0, 0.05) is 16.8 Å². The number of carbonyl (C=O) groups is 1. The van der Waals surface area contributed by atoms with Gasteiger partial charge in [0.1, 0.15) is 0 Å². The second kappa shape index (κ2) is 7.46. The average Bonchev–Trinajstić information content (AvgIpc) is 3.13. The lowest BCUT2D eigenvalue weighted by Gasteiger charge is -2.14. The number of benzene rings is 2. The third-order valence-electron chi connectivity index (χ3n) is 4.63. The molecule has 1 N–H and O–H groups in total. The number of aromatic nitrogens is 3. The fourth-order valence-corrected chi connectivity index (χ4v) is 3.35. The number of hydrogen-bond acceptors (Lipinski definition) is 3. The maximum Gasteiger partial charge on any atom is 0.418 e. The van der Waals surface area contributed by atoms with Crippen LogP contribution in [0.2, 0.25) is 5.02 Å². The summed E-state index contributed by atoms with van der Waals surface area (Å²) in [6.45, 7) is 1.65. The molecule has 4 rings (SSSR count). The van der Waals surface area contributed by atoms with Crippen LogP contribution in [0.4, 0.5) is 18.9 Å². The fraction of sp³-hybridized carbons (Fsp3) is 0.0952. The molecule has 1 amide bonds. The molecule has 5 nitrogen and oxygen atoms in total. The number of aryl methyl sites for hydroxylation is 1. The summed E-state index contributed by atoms with van der Waals surface area (Å²) in [5.41, 5.74) is 1.33. The van der Waals surface area contributed by atoms with Crippen LogP contribution in [0.25, 0.3) is 16.8 Å². The van der Waals surface area contributed by atoms with Crippen molar-refractivity contribution in [1.29, 1.82) is 0 Å². The summed E-state index contributed by atoms with van der Waals surface area (Å²) >= 11 is 6.05. The lowest BCUT2D eigenvalue weighted by Crippen LogP contribution is -2.19. The molecule has 9 heteroatoms. The van der Waals surface area contributed by atoms with Crippen LogP contribution in [0.15, 0.2) is 60.9 Å². The summed E-state index contributed by atoms with van der Waals surface area (Å²) in [5.74, 6) is -0.710. The van der Waals surface area contributed by atoms with Crippen molar-refractivity contribution in [3.8, 4) is 11.1 Å². The molecule has 4 aromatic rings. The van der Waals surface area contributed by atoms with Gasteiger partial charge in [0.15, 0.2) is 5.65 Å². The van der Waals surface area contributed by atoms with Crippen molar-refractivity contribution in [1.82, 2.24) is 14.6 Å². The maximum absolute atomic E-state index is 13.2. The highest BCUT2D eigenvalue weighted by Crippen LogP contribution is 2.35. The molecule has 0 unspecified atom stereocenters. The van der Waals surface area contributed by atoms with E-state index in [0.717, 1.165) is 17.2 Å². The van der Waals surface area contributed by atoms with E-state index in [-0.39, 0.29) is 11.3 Å². The van der Waals surface area contributed by atoms with Crippen LogP contribution in [-0.4, -0.2) is 20.5 Å². The minimum absolute atomic E-state index is 0.111. The first-order valence-corrected chi connectivity index (χ1v) is 9.20. The van der Waals surface area contributed by atoms with Crippen molar-refractivity contribution in [2.45, 2.75) is 13.1 Å². The third-order valence-corrected chi connectivity index (χ3v) is 4.86. The van der Waals surface area contributed by atoms with E-state index in [0.29, 0.717) is 16.4 Å². The number of amides is 1. The molecule has 0 fully saturated rings. The van der Waals surface area contributed by atoms with Crippen LogP contribution in [0.5, 0.6) is 0 Å². The first-order chi connectivity index (χ1) is 14.3. The van der Waals surface area contributed by atoms with Crippen molar-refractivity contribution in [2.24, 2.45) is 0 Å². The van der Waals surface area contributed by atoms with E-state index in [1.54, 1.807) is 31.3 Å². The summed E-state index contributed by atoms with van der Waals surface area (Å²) in [5, 5.41) is 7.17. The highest BCUT2D eigenvalue weighted by molar-refractivity contribution is 6.30. The SMILES string of the molecule is Cc1c(C(=O)Nc2ccccc2C(F)(F)F)cnc2c(-c3cccc(Cl)c3)cnn12. The van der Waals surface area contributed by atoms with Gasteiger partial charge in [-0.05, 0) is 36.8 Å². The van der Waals surface area contributed by atoms with Crippen LogP contribution < -0.4 is 5.32 Å². The number of rotatable bonds is 3. The Bertz CT molecular complexity index is 1270. The van der Waals surface area contributed by atoms with Crippen molar-refractivity contribution in [2.75, 3.05) is 5.32 Å². The second-order valence-electron chi connectivity index (χ2n) is 6.56. The largest absolute Gasteiger partial charge is 0.418 e. The molecular formula is C21H14ClF3N4O. The van der Waals surface area contributed by atoms with Crippen molar-refractivity contribution in [3.05, 3.63) is 82.8 Å². The number of nitrogens with zero attached hydrogens (tertiary/aromatic N) is 3. The molecule has 30 heavy (non-hydrogen) atoms. The van der Waals surface area contributed by atoms with Crippen molar-refractivity contribution in [3.63, 3.8) is 0 Å². The highest BCUT2D eigenvalue weighted by atomic mass is 35.5. The van der Waals surface area contributed by atoms with Gasteiger partial charge in [-0.2, -0.15) is 18.3 Å². The topological polar surface area (TPSA) is 59.3 Å². The number of carbonyl (C=O) groups excluding carboxylic acids is 1. The van der Waals surface area contributed by atoms with E-state index in [1.807, 2.05) is 6.07 Å². The fourth-order valence-electron chi connectivity index (χ4n) is 3.16. The highest BCUT2D eigenvalue weighted by Gasteiger charge is 2.33. The van der Waals surface area contributed by atoms with Gasteiger partial charge < -0.3 is 5.32 Å². The molecule has 2 aromatic heterocycles. The minimum Gasteiger partial charge on any atom is -0.321 e. The van der Waals surface area contributed by atoms with Crippen LogP contribution in [0, 0.1) is 6.92 Å². The summed E-state index contributed by atoms with van der Waals surface area (Å²) in [6, 6.07) is 12.0. The molecular weight excluding hydrogens is 417 g/mol. The normalized spacial score (nSPS) is 11.6. The number of alkyl halides is 3. The predicted molar refractivity (Wildman–Crippen MR) is 108 cm³/mol. The van der Waals surface area contributed by atoms with Gasteiger partial charge >= 0.3 is 6.18 Å². The molecule has 0 aliphatic rings. The molecule has 0 saturated heterocycles. The van der Waals surface area contributed by atoms with Crippen molar-refractivity contribution < 1.29 is 18.0 Å². The smallest absolute Gasteiger partial charge is 0.321 e. The Hall–Kier alpha value is -3.39.